The van der Waals surface area contributed by atoms with Gasteiger partial charge in [-0.1, -0.05) is 39.8 Å². The second-order valence-corrected chi connectivity index (χ2v) is 7.44. The number of oxime groups is 1. The molecule has 4 nitrogen and oxygen atoms in total. The van der Waals surface area contributed by atoms with E-state index < -0.39 is 0 Å². The van der Waals surface area contributed by atoms with Crippen molar-refractivity contribution in [2.75, 3.05) is 6.54 Å². The molecule has 1 aliphatic carbocycles. The first-order chi connectivity index (χ1) is 8.15. The Hall–Kier alpha value is -0.770. The first-order valence-electron chi connectivity index (χ1n) is 6.86. The third kappa shape index (κ3) is 4.48. The van der Waals surface area contributed by atoms with E-state index in [9.17, 15) is 0 Å². The highest BCUT2D eigenvalue weighted by molar-refractivity contribution is 5.82. The third-order valence-corrected chi connectivity index (χ3v) is 3.89. The van der Waals surface area contributed by atoms with E-state index in [-0.39, 0.29) is 5.92 Å². The fourth-order valence-corrected chi connectivity index (χ4v) is 3.54. The van der Waals surface area contributed by atoms with Gasteiger partial charge in [-0.05, 0) is 30.1 Å². The summed E-state index contributed by atoms with van der Waals surface area (Å²) in [5.74, 6) is 0.375. The summed E-state index contributed by atoms with van der Waals surface area (Å²) in [4.78, 5) is 0. The topological polar surface area (TPSA) is 70.6 Å². The van der Waals surface area contributed by atoms with Crippen LogP contribution < -0.4 is 11.1 Å². The summed E-state index contributed by atoms with van der Waals surface area (Å²) < 4.78 is 0. The van der Waals surface area contributed by atoms with Gasteiger partial charge >= 0.3 is 0 Å². The number of nitrogens with zero attached hydrogens (tertiary/aromatic N) is 1. The fraction of sp³-hybridized carbons (Fsp3) is 0.929. The lowest BCUT2D eigenvalue weighted by atomic mass is 9.63. The molecule has 0 spiro atoms. The summed E-state index contributed by atoms with van der Waals surface area (Å²) in [6.45, 7) is 12.1. The molecule has 0 bridgehead atoms. The van der Waals surface area contributed by atoms with Crippen LogP contribution in [0.2, 0.25) is 0 Å². The average Bonchev–Trinajstić information content (AvgIpc) is 2.20. The monoisotopic (exact) mass is 255 g/mol. The summed E-state index contributed by atoms with van der Waals surface area (Å²) >= 11 is 0. The smallest absolute Gasteiger partial charge is 0.143 e. The minimum Gasteiger partial charge on any atom is -0.409 e. The highest BCUT2D eigenvalue weighted by Crippen LogP contribution is 2.45. The molecule has 1 rings (SSSR count). The van der Waals surface area contributed by atoms with Gasteiger partial charge in [0.15, 0.2) is 0 Å². The largest absolute Gasteiger partial charge is 0.409 e. The lowest BCUT2D eigenvalue weighted by Gasteiger charge is -2.45. The highest BCUT2D eigenvalue weighted by atomic mass is 16.4. The van der Waals surface area contributed by atoms with Crippen molar-refractivity contribution < 1.29 is 5.21 Å². The van der Waals surface area contributed by atoms with Gasteiger partial charge < -0.3 is 16.3 Å². The Morgan fingerprint density at radius 3 is 2.28 bits per heavy atom. The van der Waals surface area contributed by atoms with Gasteiger partial charge in [-0.3, -0.25) is 0 Å². The zero-order valence-electron chi connectivity index (χ0n) is 12.5. The molecule has 0 heterocycles. The third-order valence-electron chi connectivity index (χ3n) is 3.89. The predicted octanol–water partition coefficient (Wildman–Crippen LogP) is 2.56. The normalized spacial score (nSPS) is 25.9. The molecule has 0 aromatic carbocycles. The van der Waals surface area contributed by atoms with E-state index in [0.717, 1.165) is 6.54 Å². The Morgan fingerprint density at radius 1 is 1.33 bits per heavy atom. The van der Waals surface area contributed by atoms with Crippen molar-refractivity contribution in [1.29, 1.82) is 0 Å². The number of amidine groups is 1. The van der Waals surface area contributed by atoms with Gasteiger partial charge in [0.25, 0.3) is 0 Å². The minimum atomic E-state index is 0.0724. The Balaban J connectivity index is 2.52. The Labute approximate surface area is 111 Å². The molecule has 0 aromatic rings. The maximum Gasteiger partial charge on any atom is 0.143 e. The van der Waals surface area contributed by atoms with Crippen molar-refractivity contribution >= 4 is 5.84 Å². The Kier molecular flexibility index (Phi) is 4.65. The van der Waals surface area contributed by atoms with Crippen LogP contribution in [0.15, 0.2) is 5.16 Å². The molecule has 1 saturated carbocycles. The molecule has 106 valence electrons. The van der Waals surface area contributed by atoms with Gasteiger partial charge in [-0.15, -0.1) is 0 Å². The second kappa shape index (κ2) is 5.47. The van der Waals surface area contributed by atoms with Gasteiger partial charge in [-0.2, -0.15) is 0 Å². The van der Waals surface area contributed by atoms with E-state index in [1.54, 1.807) is 0 Å². The molecule has 1 unspecified atom stereocenters. The van der Waals surface area contributed by atoms with Crippen LogP contribution >= 0.6 is 0 Å². The van der Waals surface area contributed by atoms with Crippen LogP contribution in [-0.2, 0) is 0 Å². The highest BCUT2D eigenvalue weighted by Gasteiger charge is 2.38. The number of hydrogen-bond donors (Lipinski definition) is 3. The van der Waals surface area contributed by atoms with Crippen LogP contribution in [0.25, 0.3) is 0 Å². The SMILES string of the molecule is CC(CNC1CC(C)(C)CC(C)(C)C1)C(N)=NO. The van der Waals surface area contributed by atoms with Gasteiger partial charge in [0.1, 0.15) is 5.84 Å². The van der Waals surface area contributed by atoms with E-state index >= 15 is 0 Å². The molecule has 4 heteroatoms. The van der Waals surface area contributed by atoms with Crippen LogP contribution in [0.4, 0.5) is 0 Å². The lowest BCUT2D eigenvalue weighted by Crippen LogP contribution is -2.46. The molecule has 1 atom stereocenters. The van der Waals surface area contributed by atoms with E-state index in [1.807, 2.05) is 6.92 Å². The number of nitrogens with one attached hydrogen (secondary N) is 1. The molecule has 0 aromatic heterocycles. The summed E-state index contributed by atoms with van der Waals surface area (Å²) in [5, 5.41) is 15.3. The van der Waals surface area contributed by atoms with E-state index in [2.05, 4.69) is 38.2 Å². The van der Waals surface area contributed by atoms with Crippen LogP contribution in [-0.4, -0.2) is 23.6 Å². The fourth-order valence-electron chi connectivity index (χ4n) is 3.54. The van der Waals surface area contributed by atoms with Gasteiger partial charge in [0.2, 0.25) is 0 Å². The molecule has 18 heavy (non-hydrogen) atoms. The molecule has 0 aliphatic heterocycles. The van der Waals surface area contributed by atoms with Gasteiger partial charge in [-0.25, -0.2) is 0 Å². The van der Waals surface area contributed by atoms with Crippen molar-refractivity contribution in [2.45, 2.75) is 59.9 Å². The maximum atomic E-state index is 8.64. The van der Waals surface area contributed by atoms with Crippen molar-refractivity contribution in [3.8, 4) is 0 Å². The quantitative estimate of drug-likeness (QED) is 0.313. The Morgan fingerprint density at radius 2 is 1.83 bits per heavy atom. The van der Waals surface area contributed by atoms with Crippen molar-refractivity contribution in [2.24, 2.45) is 27.6 Å². The molecular formula is C14H29N3O. The first-order valence-corrected chi connectivity index (χ1v) is 6.86. The molecular weight excluding hydrogens is 226 g/mol. The van der Waals surface area contributed by atoms with Crippen LogP contribution in [0.5, 0.6) is 0 Å². The van der Waals surface area contributed by atoms with Crippen molar-refractivity contribution in [1.82, 2.24) is 5.32 Å². The maximum absolute atomic E-state index is 8.64. The zero-order valence-corrected chi connectivity index (χ0v) is 12.5. The number of nitrogens with two attached hydrogens (primary N) is 1. The summed E-state index contributed by atoms with van der Waals surface area (Å²) in [5.41, 5.74) is 6.37. The molecule has 0 radical (unpaired) electrons. The molecule has 4 N–H and O–H groups in total. The van der Waals surface area contributed by atoms with E-state index in [4.69, 9.17) is 10.9 Å². The van der Waals surface area contributed by atoms with E-state index in [1.165, 1.54) is 19.3 Å². The van der Waals surface area contributed by atoms with Crippen molar-refractivity contribution in [3.63, 3.8) is 0 Å². The summed E-state index contributed by atoms with van der Waals surface area (Å²) in [7, 11) is 0. The summed E-state index contributed by atoms with van der Waals surface area (Å²) in [6, 6.07) is 0.526. The Bertz CT molecular complexity index is 294. The summed E-state index contributed by atoms with van der Waals surface area (Å²) in [6.07, 6.45) is 3.66. The van der Waals surface area contributed by atoms with Crippen LogP contribution in [0, 0.1) is 16.7 Å². The first kappa shape index (κ1) is 15.3. The van der Waals surface area contributed by atoms with Crippen LogP contribution in [0.1, 0.15) is 53.9 Å². The molecule has 1 fully saturated rings. The molecule has 0 saturated heterocycles. The number of hydrogen-bond acceptors (Lipinski definition) is 3. The molecule has 1 aliphatic rings. The molecule has 0 amide bonds. The van der Waals surface area contributed by atoms with Gasteiger partial charge in [0.05, 0.1) is 0 Å². The lowest BCUT2D eigenvalue weighted by molar-refractivity contribution is 0.0845. The van der Waals surface area contributed by atoms with Crippen molar-refractivity contribution in [3.05, 3.63) is 0 Å². The standard InChI is InChI=1S/C14H29N3O/c1-10(12(15)17-18)8-16-11-6-13(2,3)9-14(4,5)7-11/h10-11,16,18H,6-9H2,1-5H3,(H2,15,17). The van der Waals surface area contributed by atoms with E-state index in [0.29, 0.717) is 22.7 Å². The minimum absolute atomic E-state index is 0.0724. The average molecular weight is 255 g/mol. The second-order valence-electron chi connectivity index (χ2n) is 7.44. The van der Waals surface area contributed by atoms with Gasteiger partial charge in [0, 0.05) is 18.5 Å². The zero-order chi connectivity index (χ0) is 14.0. The van der Waals surface area contributed by atoms with Crippen LogP contribution in [0.3, 0.4) is 0 Å². The number of rotatable bonds is 4. The predicted molar refractivity (Wildman–Crippen MR) is 75.8 cm³/mol.